The van der Waals surface area contributed by atoms with Gasteiger partial charge >= 0.3 is 12.2 Å². The molecule has 7 nitrogen and oxygen atoms in total. The van der Waals surface area contributed by atoms with E-state index >= 15 is 0 Å². The second-order valence-corrected chi connectivity index (χ2v) is 6.78. The van der Waals surface area contributed by atoms with Gasteiger partial charge in [0.2, 0.25) is 0 Å². The van der Waals surface area contributed by atoms with Gasteiger partial charge < -0.3 is 20.1 Å². The standard InChI is InChI=1S/C19H26N2O5/c1-21(19(25)26-13-15-5-3-2-4-6-15)12-16(20-18(23)24)11-14-7-9-17(22)10-8-14/h2-6,14,16,20H,7-13H2,1H3,(H,23,24). The van der Waals surface area contributed by atoms with Crippen LogP contribution in [0, 0.1) is 5.92 Å². The van der Waals surface area contributed by atoms with Crippen molar-refractivity contribution < 1.29 is 24.2 Å². The summed E-state index contributed by atoms with van der Waals surface area (Å²) in [5, 5.41) is 11.5. The highest BCUT2D eigenvalue weighted by Crippen LogP contribution is 2.25. The Morgan fingerprint density at radius 1 is 1.27 bits per heavy atom. The zero-order chi connectivity index (χ0) is 18.9. The van der Waals surface area contributed by atoms with E-state index in [1.807, 2.05) is 30.3 Å². The lowest BCUT2D eigenvalue weighted by molar-refractivity contribution is -0.121. The molecule has 2 N–H and O–H groups in total. The first-order valence-corrected chi connectivity index (χ1v) is 8.87. The van der Waals surface area contributed by atoms with Gasteiger partial charge in [-0.2, -0.15) is 0 Å². The van der Waals surface area contributed by atoms with E-state index in [0.717, 1.165) is 18.4 Å². The first-order valence-electron chi connectivity index (χ1n) is 8.87. The van der Waals surface area contributed by atoms with Crippen LogP contribution < -0.4 is 5.32 Å². The second-order valence-electron chi connectivity index (χ2n) is 6.78. The molecule has 1 saturated carbocycles. The van der Waals surface area contributed by atoms with E-state index in [2.05, 4.69) is 5.32 Å². The van der Waals surface area contributed by atoms with Crippen LogP contribution in [0.15, 0.2) is 30.3 Å². The van der Waals surface area contributed by atoms with Crippen LogP contribution in [-0.4, -0.2) is 47.6 Å². The van der Waals surface area contributed by atoms with Crippen LogP contribution in [0.2, 0.25) is 0 Å². The average Bonchev–Trinajstić information content (AvgIpc) is 2.62. The molecule has 1 aliphatic rings. The summed E-state index contributed by atoms with van der Waals surface area (Å²) in [6.07, 6.45) is 1.66. The molecule has 0 spiro atoms. The molecule has 1 aromatic carbocycles. The highest BCUT2D eigenvalue weighted by Gasteiger charge is 2.25. The van der Waals surface area contributed by atoms with Gasteiger partial charge in [0.1, 0.15) is 12.4 Å². The second kappa shape index (κ2) is 9.79. The molecule has 1 aliphatic carbocycles. The van der Waals surface area contributed by atoms with Crippen LogP contribution in [0.3, 0.4) is 0 Å². The largest absolute Gasteiger partial charge is 0.465 e. The molecule has 2 rings (SSSR count). The fourth-order valence-corrected chi connectivity index (χ4v) is 3.23. The van der Waals surface area contributed by atoms with Crippen molar-refractivity contribution in [3.05, 3.63) is 35.9 Å². The molecule has 1 aromatic rings. The van der Waals surface area contributed by atoms with Crippen LogP contribution in [0.25, 0.3) is 0 Å². The van der Waals surface area contributed by atoms with E-state index in [1.54, 1.807) is 7.05 Å². The number of likely N-dealkylation sites (N-methyl/N-ethyl adjacent to an activating group) is 1. The fourth-order valence-electron chi connectivity index (χ4n) is 3.23. The smallest absolute Gasteiger partial charge is 0.409 e. The summed E-state index contributed by atoms with van der Waals surface area (Å²) in [6.45, 7) is 0.399. The maximum atomic E-state index is 12.2. The Balaban J connectivity index is 1.84. The number of hydrogen-bond acceptors (Lipinski definition) is 4. The van der Waals surface area contributed by atoms with Gasteiger partial charge in [0.25, 0.3) is 0 Å². The number of ether oxygens (including phenoxy) is 1. The van der Waals surface area contributed by atoms with Gasteiger partial charge in [-0.05, 0) is 30.7 Å². The summed E-state index contributed by atoms with van der Waals surface area (Å²) in [4.78, 5) is 36.0. The molecule has 0 aromatic heterocycles. The number of rotatable bonds is 7. The SMILES string of the molecule is CN(CC(CC1CCC(=O)CC1)NC(=O)O)C(=O)OCc1ccccc1. The van der Waals surface area contributed by atoms with Crippen LogP contribution in [0.4, 0.5) is 9.59 Å². The third kappa shape index (κ3) is 6.74. The number of ketones is 1. The zero-order valence-electron chi connectivity index (χ0n) is 15.0. The number of carboxylic acid groups (broad SMARTS) is 1. The van der Waals surface area contributed by atoms with Gasteiger partial charge in [-0.25, -0.2) is 9.59 Å². The molecule has 7 heteroatoms. The molecule has 0 heterocycles. The van der Waals surface area contributed by atoms with Crippen LogP contribution in [-0.2, 0) is 16.1 Å². The van der Waals surface area contributed by atoms with Crippen molar-refractivity contribution >= 4 is 18.0 Å². The van der Waals surface area contributed by atoms with Gasteiger partial charge in [0.05, 0.1) is 6.04 Å². The number of Topliss-reactive ketones (excluding diaryl/α,β-unsaturated/α-hetero) is 1. The number of amides is 2. The molecule has 0 radical (unpaired) electrons. The van der Waals surface area contributed by atoms with Crippen molar-refractivity contribution in [2.24, 2.45) is 5.92 Å². The molecule has 0 aliphatic heterocycles. The third-order valence-corrected chi connectivity index (χ3v) is 4.62. The molecule has 142 valence electrons. The first kappa shape index (κ1) is 19.8. The summed E-state index contributed by atoms with van der Waals surface area (Å²) in [6, 6.07) is 8.97. The topological polar surface area (TPSA) is 95.9 Å². The Morgan fingerprint density at radius 3 is 2.54 bits per heavy atom. The van der Waals surface area contributed by atoms with Crippen molar-refractivity contribution in [2.75, 3.05) is 13.6 Å². The van der Waals surface area contributed by atoms with Crippen LogP contribution in [0.1, 0.15) is 37.7 Å². The molecule has 1 atom stereocenters. The van der Waals surface area contributed by atoms with Gasteiger partial charge in [-0.3, -0.25) is 4.79 Å². The van der Waals surface area contributed by atoms with E-state index in [9.17, 15) is 14.4 Å². The number of carbonyl (C=O) groups is 3. The van der Waals surface area contributed by atoms with Crippen molar-refractivity contribution in [1.29, 1.82) is 0 Å². The van der Waals surface area contributed by atoms with Crippen molar-refractivity contribution in [1.82, 2.24) is 10.2 Å². The monoisotopic (exact) mass is 362 g/mol. The number of nitrogens with zero attached hydrogens (tertiary/aromatic N) is 1. The minimum Gasteiger partial charge on any atom is -0.465 e. The Morgan fingerprint density at radius 2 is 1.92 bits per heavy atom. The molecular formula is C19H26N2O5. The molecular weight excluding hydrogens is 336 g/mol. The first-order chi connectivity index (χ1) is 12.4. The molecule has 26 heavy (non-hydrogen) atoms. The van der Waals surface area contributed by atoms with E-state index in [1.165, 1.54) is 4.90 Å². The van der Waals surface area contributed by atoms with Crippen molar-refractivity contribution in [2.45, 2.75) is 44.8 Å². The van der Waals surface area contributed by atoms with Gasteiger partial charge in [-0.15, -0.1) is 0 Å². The average molecular weight is 362 g/mol. The summed E-state index contributed by atoms with van der Waals surface area (Å²) in [7, 11) is 1.59. The molecule has 1 unspecified atom stereocenters. The highest BCUT2D eigenvalue weighted by molar-refractivity contribution is 5.79. The molecule has 0 saturated heterocycles. The lowest BCUT2D eigenvalue weighted by Crippen LogP contribution is -2.45. The summed E-state index contributed by atoms with van der Waals surface area (Å²) >= 11 is 0. The Kier molecular flexibility index (Phi) is 7.44. The van der Waals surface area contributed by atoms with Crippen LogP contribution in [0.5, 0.6) is 0 Å². The predicted molar refractivity (Wildman–Crippen MR) is 95.8 cm³/mol. The van der Waals surface area contributed by atoms with Crippen molar-refractivity contribution in [3.63, 3.8) is 0 Å². The number of benzene rings is 1. The fraction of sp³-hybridized carbons (Fsp3) is 0.526. The van der Waals surface area contributed by atoms with Crippen LogP contribution >= 0.6 is 0 Å². The third-order valence-electron chi connectivity index (χ3n) is 4.62. The minimum absolute atomic E-state index is 0.172. The number of carbonyl (C=O) groups excluding carboxylic acids is 2. The zero-order valence-corrected chi connectivity index (χ0v) is 15.0. The van der Waals surface area contributed by atoms with Gasteiger partial charge in [0.15, 0.2) is 0 Å². The highest BCUT2D eigenvalue weighted by atomic mass is 16.6. The van der Waals surface area contributed by atoms with E-state index in [4.69, 9.17) is 9.84 Å². The normalized spacial score (nSPS) is 16.0. The Bertz CT molecular complexity index is 610. The summed E-state index contributed by atoms with van der Waals surface area (Å²) in [5.41, 5.74) is 0.890. The maximum absolute atomic E-state index is 12.2. The number of hydrogen-bond donors (Lipinski definition) is 2. The molecule has 0 bridgehead atoms. The van der Waals surface area contributed by atoms with E-state index < -0.39 is 12.2 Å². The lowest BCUT2D eigenvalue weighted by Gasteiger charge is -2.28. The Hall–Kier alpha value is -2.57. The Labute approximate surface area is 153 Å². The maximum Gasteiger partial charge on any atom is 0.409 e. The molecule has 2 amide bonds. The predicted octanol–water partition coefficient (Wildman–Crippen LogP) is 3.04. The van der Waals surface area contributed by atoms with E-state index in [-0.39, 0.29) is 25.0 Å². The quantitative estimate of drug-likeness (QED) is 0.777. The summed E-state index contributed by atoms with van der Waals surface area (Å²) < 4.78 is 5.27. The summed E-state index contributed by atoms with van der Waals surface area (Å²) in [5.74, 6) is 0.559. The van der Waals surface area contributed by atoms with E-state index in [0.29, 0.717) is 25.2 Å². The molecule has 1 fully saturated rings. The minimum atomic E-state index is -1.12. The van der Waals surface area contributed by atoms with Gasteiger partial charge in [-0.1, -0.05) is 30.3 Å². The van der Waals surface area contributed by atoms with Crippen molar-refractivity contribution in [3.8, 4) is 0 Å². The number of nitrogens with one attached hydrogen (secondary N) is 1. The van der Waals surface area contributed by atoms with Gasteiger partial charge in [0, 0.05) is 26.4 Å². The lowest BCUT2D eigenvalue weighted by atomic mass is 9.84.